The van der Waals surface area contributed by atoms with Gasteiger partial charge in [0.25, 0.3) is 0 Å². The van der Waals surface area contributed by atoms with Gasteiger partial charge in [-0.05, 0) is 49.2 Å². The maximum Gasteiger partial charge on any atom is 0.230 e. The molecule has 0 unspecified atom stereocenters. The molecule has 0 heterocycles. The van der Waals surface area contributed by atoms with Gasteiger partial charge in [0.2, 0.25) is 6.79 Å². The van der Waals surface area contributed by atoms with Crippen LogP contribution in [-0.2, 0) is 0 Å². The van der Waals surface area contributed by atoms with Crippen LogP contribution >= 0.6 is 31.9 Å². The molecule has 2 aromatic carbocycles. The van der Waals surface area contributed by atoms with Gasteiger partial charge in [-0.1, -0.05) is 44.0 Å². The third kappa shape index (κ3) is 3.98. The van der Waals surface area contributed by atoms with Crippen LogP contribution < -0.4 is 9.47 Å². The Bertz CT molecular complexity index is 531. The molecule has 0 fully saturated rings. The third-order valence-corrected chi connectivity index (χ3v) is 4.45. The van der Waals surface area contributed by atoms with Gasteiger partial charge in [-0.25, -0.2) is 0 Å². The first-order valence-electron chi connectivity index (χ1n) is 5.84. The Morgan fingerprint density at radius 2 is 1.21 bits per heavy atom. The van der Waals surface area contributed by atoms with Crippen molar-refractivity contribution in [2.75, 3.05) is 6.79 Å². The van der Waals surface area contributed by atoms with Gasteiger partial charge in [-0.3, -0.25) is 0 Å². The zero-order valence-electron chi connectivity index (χ0n) is 10.7. The van der Waals surface area contributed by atoms with Gasteiger partial charge in [0.15, 0.2) is 0 Å². The highest BCUT2D eigenvalue weighted by molar-refractivity contribution is 9.10. The van der Waals surface area contributed by atoms with Crippen LogP contribution in [0.25, 0.3) is 0 Å². The fraction of sp³-hybridized carbons (Fsp3) is 0.200. The van der Waals surface area contributed by atoms with E-state index in [0.29, 0.717) is 0 Å². The van der Waals surface area contributed by atoms with E-state index in [0.717, 1.165) is 20.4 Å². The summed E-state index contributed by atoms with van der Waals surface area (Å²) in [6.45, 7) is 4.26. The summed E-state index contributed by atoms with van der Waals surface area (Å²) >= 11 is 6.95. The van der Waals surface area contributed by atoms with Crippen molar-refractivity contribution in [3.05, 3.63) is 56.5 Å². The SMILES string of the molecule is Cc1ccc(OCOc2ccc(C)c(Br)c2)cc1Br. The Hall–Kier alpha value is -1.000. The average Bonchev–Trinajstić information content (AvgIpc) is 2.38. The van der Waals surface area contributed by atoms with Gasteiger partial charge in [-0.15, -0.1) is 0 Å². The Kier molecular flexibility index (Phi) is 4.88. The molecule has 0 atom stereocenters. The highest BCUT2D eigenvalue weighted by Gasteiger charge is 2.01. The molecule has 0 aliphatic heterocycles. The van der Waals surface area contributed by atoms with E-state index in [1.54, 1.807) is 0 Å². The molecule has 0 spiro atoms. The molecule has 100 valence electrons. The van der Waals surface area contributed by atoms with E-state index in [2.05, 4.69) is 31.9 Å². The van der Waals surface area contributed by atoms with E-state index in [-0.39, 0.29) is 6.79 Å². The first kappa shape index (κ1) is 14.4. The Balaban J connectivity index is 1.92. The van der Waals surface area contributed by atoms with Crippen molar-refractivity contribution in [2.45, 2.75) is 13.8 Å². The number of hydrogen-bond donors (Lipinski definition) is 0. The minimum absolute atomic E-state index is 0.186. The van der Waals surface area contributed by atoms with Crippen LogP contribution in [0.1, 0.15) is 11.1 Å². The van der Waals surface area contributed by atoms with Gasteiger partial charge in [0.05, 0.1) is 0 Å². The maximum absolute atomic E-state index is 5.55. The van der Waals surface area contributed by atoms with E-state index in [1.165, 1.54) is 11.1 Å². The summed E-state index contributed by atoms with van der Waals surface area (Å²) in [5.41, 5.74) is 2.35. The van der Waals surface area contributed by atoms with E-state index in [4.69, 9.17) is 9.47 Å². The lowest BCUT2D eigenvalue weighted by molar-refractivity contribution is 0.119. The molecule has 2 aromatic rings. The Morgan fingerprint density at radius 1 is 0.789 bits per heavy atom. The molecule has 0 radical (unpaired) electrons. The smallest absolute Gasteiger partial charge is 0.230 e. The number of rotatable bonds is 4. The first-order valence-corrected chi connectivity index (χ1v) is 7.43. The van der Waals surface area contributed by atoms with Crippen molar-refractivity contribution in [1.82, 2.24) is 0 Å². The minimum Gasteiger partial charge on any atom is -0.457 e. The average molecular weight is 386 g/mol. The van der Waals surface area contributed by atoms with Crippen LogP contribution in [0.15, 0.2) is 45.3 Å². The van der Waals surface area contributed by atoms with Crippen LogP contribution in [0.2, 0.25) is 0 Å². The van der Waals surface area contributed by atoms with E-state index >= 15 is 0 Å². The third-order valence-electron chi connectivity index (χ3n) is 2.74. The molecular weight excluding hydrogens is 372 g/mol. The van der Waals surface area contributed by atoms with Crippen molar-refractivity contribution < 1.29 is 9.47 Å². The summed E-state index contributed by atoms with van der Waals surface area (Å²) in [6.07, 6.45) is 0. The van der Waals surface area contributed by atoms with Crippen molar-refractivity contribution in [3.63, 3.8) is 0 Å². The van der Waals surface area contributed by atoms with Crippen molar-refractivity contribution in [2.24, 2.45) is 0 Å². The molecule has 0 amide bonds. The summed E-state index contributed by atoms with van der Waals surface area (Å²) in [6, 6.07) is 11.7. The maximum atomic E-state index is 5.55. The van der Waals surface area contributed by atoms with Crippen molar-refractivity contribution in [1.29, 1.82) is 0 Å². The fourth-order valence-electron chi connectivity index (χ4n) is 1.49. The summed E-state index contributed by atoms with van der Waals surface area (Å²) in [7, 11) is 0. The quantitative estimate of drug-likeness (QED) is 0.669. The second-order valence-corrected chi connectivity index (χ2v) is 5.94. The molecule has 0 N–H and O–H groups in total. The van der Waals surface area contributed by atoms with Crippen LogP contribution in [0, 0.1) is 13.8 Å². The molecule has 2 nitrogen and oxygen atoms in total. The molecule has 2 rings (SSSR count). The highest BCUT2D eigenvalue weighted by Crippen LogP contribution is 2.24. The fourth-order valence-corrected chi connectivity index (χ4v) is 2.21. The minimum atomic E-state index is 0.186. The summed E-state index contributed by atoms with van der Waals surface area (Å²) in [4.78, 5) is 0. The largest absolute Gasteiger partial charge is 0.457 e. The lowest BCUT2D eigenvalue weighted by atomic mass is 10.2. The van der Waals surface area contributed by atoms with Gasteiger partial charge in [0.1, 0.15) is 11.5 Å². The molecule has 0 saturated carbocycles. The summed E-state index contributed by atoms with van der Waals surface area (Å²) in [5, 5.41) is 0. The van der Waals surface area contributed by atoms with Crippen LogP contribution in [0.5, 0.6) is 11.5 Å². The molecule has 0 aromatic heterocycles. The number of benzene rings is 2. The number of aryl methyl sites for hydroxylation is 2. The van der Waals surface area contributed by atoms with Crippen LogP contribution in [-0.4, -0.2) is 6.79 Å². The molecule has 0 saturated heterocycles. The molecule has 4 heteroatoms. The zero-order valence-corrected chi connectivity index (χ0v) is 13.9. The molecular formula is C15H14Br2O2. The van der Waals surface area contributed by atoms with Gasteiger partial charge >= 0.3 is 0 Å². The number of hydrogen-bond acceptors (Lipinski definition) is 2. The number of halogens is 2. The summed E-state index contributed by atoms with van der Waals surface area (Å²) in [5.74, 6) is 1.56. The van der Waals surface area contributed by atoms with Crippen LogP contribution in [0.4, 0.5) is 0 Å². The molecule has 0 aliphatic rings. The van der Waals surface area contributed by atoms with E-state index in [1.807, 2.05) is 50.2 Å². The van der Waals surface area contributed by atoms with Crippen molar-refractivity contribution in [3.8, 4) is 11.5 Å². The Morgan fingerprint density at radius 3 is 1.58 bits per heavy atom. The van der Waals surface area contributed by atoms with Gasteiger partial charge in [0, 0.05) is 8.95 Å². The number of ether oxygens (including phenoxy) is 2. The predicted molar refractivity (Wildman–Crippen MR) is 83.9 cm³/mol. The van der Waals surface area contributed by atoms with Crippen LogP contribution in [0.3, 0.4) is 0 Å². The predicted octanol–water partition coefficient (Wildman–Crippen LogP) is 5.24. The second-order valence-electron chi connectivity index (χ2n) is 4.23. The lowest BCUT2D eigenvalue weighted by Crippen LogP contribution is -2.05. The molecule has 0 aliphatic carbocycles. The highest BCUT2D eigenvalue weighted by atomic mass is 79.9. The van der Waals surface area contributed by atoms with Gasteiger partial charge < -0.3 is 9.47 Å². The van der Waals surface area contributed by atoms with Gasteiger partial charge in [-0.2, -0.15) is 0 Å². The standard InChI is InChI=1S/C15H14Br2O2/c1-10-3-5-12(7-14(10)16)18-9-19-13-6-4-11(2)15(17)8-13/h3-8H,9H2,1-2H3. The summed E-state index contributed by atoms with van der Waals surface area (Å²) < 4.78 is 13.2. The monoisotopic (exact) mass is 384 g/mol. The topological polar surface area (TPSA) is 18.5 Å². The Labute approximate surface area is 130 Å². The normalized spacial score (nSPS) is 10.3. The molecule has 19 heavy (non-hydrogen) atoms. The second kappa shape index (κ2) is 6.44. The zero-order chi connectivity index (χ0) is 13.8. The molecule has 0 bridgehead atoms. The van der Waals surface area contributed by atoms with E-state index < -0.39 is 0 Å². The van der Waals surface area contributed by atoms with Crippen molar-refractivity contribution >= 4 is 31.9 Å². The first-order chi connectivity index (χ1) is 9.06. The van der Waals surface area contributed by atoms with E-state index in [9.17, 15) is 0 Å². The lowest BCUT2D eigenvalue weighted by Gasteiger charge is -2.10.